The minimum absolute atomic E-state index is 0.0668. The van der Waals surface area contributed by atoms with Crippen LogP contribution in [0.3, 0.4) is 0 Å². The maximum atomic E-state index is 12.5. The lowest BCUT2D eigenvalue weighted by atomic mass is 10.0. The predicted molar refractivity (Wildman–Crippen MR) is 114 cm³/mol. The zero-order valence-electron chi connectivity index (χ0n) is 18.2. The van der Waals surface area contributed by atoms with Crippen LogP contribution in [0.2, 0.25) is 0 Å². The van der Waals surface area contributed by atoms with Crippen molar-refractivity contribution in [1.29, 1.82) is 0 Å². The Bertz CT molecular complexity index is 1030. The van der Waals surface area contributed by atoms with Crippen molar-refractivity contribution in [3.05, 3.63) is 43.0 Å². The standard InChI is InChI=1S/C17H28N7O7P/c1-9(2)5-12(16(26)19-4)22-32(28,29)30-8-13-11(21-23-18)6-14(31-13)24-7-10(3)15(25)20-17(24)27/h7,9,11-14H,5-6,8H2,1-4H3,(H,19,26)(H,20,25,27)(H2,22,28,29)/t11?,12-,13+,14?/m0/s1. The summed E-state index contributed by atoms with van der Waals surface area (Å²) in [5.41, 5.74) is 7.88. The number of aryl methyl sites for hydroxylation is 1. The van der Waals surface area contributed by atoms with E-state index in [1.807, 2.05) is 13.8 Å². The lowest BCUT2D eigenvalue weighted by Crippen LogP contribution is -2.42. The summed E-state index contributed by atoms with van der Waals surface area (Å²) in [4.78, 5) is 50.8. The number of aromatic nitrogens is 2. The molecule has 0 saturated carbocycles. The van der Waals surface area contributed by atoms with Crippen molar-refractivity contribution < 1.29 is 23.5 Å². The summed E-state index contributed by atoms with van der Waals surface area (Å²) < 4.78 is 24.5. The third kappa shape index (κ3) is 6.76. The number of carbonyl (C=O) groups is 1. The molecule has 2 heterocycles. The van der Waals surface area contributed by atoms with Gasteiger partial charge < -0.3 is 14.9 Å². The van der Waals surface area contributed by atoms with Gasteiger partial charge in [-0.05, 0) is 24.8 Å². The number of ether oxygens (including phenoxy) is 1. The second-order valence-corrected chi connectivity index (χ2v) is 9.41. The van der Waals surface area contributed by atoms with Gasteiger partial charge in [0.05, 0.1) is 24.8 Å². The smallest absolute Gasteiger partial charge is 0.358 e. The number of rotatable bonds is 10. The highest BCUT2D eigenvalue weighted by molar-refractivity contribution is 7.50. The summed E-state index contributed by atoms with van der Waals surface area (Å²) in [6.45, 7) is 4.79. The SMILES string of the molecule is CNC(=O)[C@H](CC(C)C)NP(=O)(O)OC[C@H]1OC(n2cc(C)c(=O)[nH]c2=O)CC1N=[N+]=[N-]. The Morgan fingerprint density at radius 1 is 1.53 bits per heavy atom. The van der Waals surface area contributed by atoms with Crippen molar-refractivity contribution in [1.82, 2.24) is 20.0 Å². The van der Waals surface area contributed by atoms with Crippen LogP contribution in [0, 0.1) is 12.8 Å². The molecular formula is C17H28N7O7P. The second kappa shape index (κ2) is 10.9. The first-order valence-corrected chi connectivity index (χ1v) is 11.5. The molecule has 1 amide bonds. The quantitative estimate of drug-likeness (QED) is 0.164. The Balaban J connectivity index is 2.13. The molecule has 0 aliphatic carbocycles. The molecule has 4 N–H and O–H groups in total. The van der Waals surface area contributed by atoms with Crippen molar-refractivity contribution in [2.75, 3.05) is 13.7 Å². The van der Waals surface area contributed by atoms with Gasteiger partial charge in [-0.1, -0.05) is 19.0 Å². The highest BCUT2D eigenvalue weighted by atomic mass is 31.2. The van der Waals surface area contributed by atoms with E-state index in [1.165, 1.54) is 20.2 Å². The van der Waals surface area contributed by atoms with E-state index in [1.54, 1.807) is 0 Å². The molecule has 1 aliphatic rings. The highest BCUT2D eigenvalue weighted by Gasteiger charge is 2.38. The number of azide groups is 1. The summed E-state index contributed by atoms with van der Waals surface area (Å²) in [6, 6.07) is -1.75. The molecule has 5 atom stereocenters. The summed E-state index contributed by atoms with van der Waals surface area (Å²) in [5, 5.41) is 8.39. The summed E-state index contributed by atoms with van der Waals surface area (Å²) in [7, 11) is -3.01. The van der Waals surface area contributed by atoms with E-state index in [2.05, 4.69) is 25.4 Å². The van der Waals surface area contributed by atoms with E-state index in [0.29, 0.717) is 6.42 Å². The predicted octanol–water partition coefficient (Wildman–Crippen LogP) is 0.679. The first kappa shape index (κ1) is 25.8. The summed E-state index contributed by atoms with van der Waals surface area (Å²) >= 11 is 0. The minimum Gasteiger partial charge on any atom is -0.358 e. The number of H-pyrrole nitrogens is 1. The molecule has 3 unspecified atom stereocenters. The number of hydrogen-bond donors (Lipinski definition) is 4. The maximum Gasteiger partial charge on any atom is 0.403 e. The summed E-state index contributed by atoms with van der Waals surface area (Å²) in [6.07, 6.45) is -0.124. The molecule has 0 radical (unpaired) electrons. The number of nitrogens with zero attached hydrogens (tertiary/aromatic N) is 4. The van der Waals surface area contributed by atoms with Crippen molar-refractivity contribution in [3.63, 3.8) is 0 Å². The Morgan fingerprint density at radius 3 is 2.81 bits per heavy atom. The molecule has 1 aliphatic heterocycles. The van der Waals surface area contributed by atoms with Gasteiger partial charge in [0.1, 0.15) is 6.23 Å². The Morgan fingerprint density at radius 2 is 2.22 bits per heavy atom. The van der Waals surface area contributed by atoms with Crippen LogP contribution < -0.4 is 21.7 Å². The minimum atomic E-state index is -4.43. The molecular weight excluding hydrogens is 445 g/mol. The average Bonchev–Trinajstić information content (AvgIpc) is 3.10. The zero-order valence-corrected chi connectivity index (χ0v) is 19.1. The van der Waals surface area contributed by atoms with E-state index in [-0.39, 0.29) is 17.9 Å². The second-order valence-electron chi connectivity index (χ2n) is 7.86. The van der Waals surface area contributed by atoms with Crippen LogP contribution in [-0.2, 0) is 18.6 Å². The molecule has 1 aromatic heterocycles. The number of likely N-dealkylation sites (N-methyl/N-ethyl adjacent to an activating group) is 1. The van der Waals surface area contributed by atoms with E-state index < -0.39 is 55.9 Å². The molecule has 1 aromatic rings. The largest absolute Gasteiger partial charge is 0.403 e. The molecule has 1 saturated heterocycles. The van der Waals surface area contributed by atoms with Gasteiger partial charge in [-0.25, -0.2) is 14.4 Å². The van der Waals surface area contributed by atoms with Gasteiger partial charge in [0.15, 0.2) is 0 Å². The molecule has 0 bridgehead atoms. The fraction of sp³-hybridized carbons (Fsp3) is 0.706. The molecule has 15 heteroatoms. The van der Waals surface area contributed by atoms with E-state index >= 15 is 0 Å². The van der Waals surface area contributed by atoms with Crippen molar-refractivity contribution in [2.24, 2.45) is 11.0 Å². The number of nitrogens with one attached hydrogen (secondary N) is 3. The first-order chi connectivity index (χ1) is 15.0. The molecule has 14 nitrogen and oxygen atoms in total. The number of carbonyl (C=O) groups excluding carboxylic acids is 1. The van der Waals surface area contributed by atoms with E-state index in [9.17, 15) is 23.8 Å². The molecule has 32 heavy (non-hydrogen) atoms. The number of amides is 1. The lowest BCUT2D eigenvalue weighted by Gasteiger charge is -2.23. The third-order valence-corrected chi connectivity index (χ3v) is 6.00. The third-order valence-electron chi connectivity index (χ3n) is 4.86. The summed E-state index contributed by atoms with van der Waals surface area (Å²) in [5.74, 6) is -0.398. The molecule has 178 valence electrons. The van der Waals surface area contributed by atoms with Crippen molar-refractivity contribution >= 4 is 13.7 Å². The molecule has 0 spiro atoms. The van der Waals surface area contributed by atoms with Gasteiger partial charge in [0, 0.05) is 30.1 Å². The van der Waals surface area contributed by atoms with Gasteiger partial charge in [0.25, 0.3) is 5.56 Å². The van der Waals surface area contributed by atoms with Crippen LogP contribution in [0.5, 0.6) is 0 Å². The molecule has 0 aromatic carbocycles. The van der Waals surface area contributed by atoms with Crippen LogP contribution in [-0.4, -0.2) is 52.2 Å². The molecule has 2 rings (SSSR count). The maximum absolute atomic E-state index is 12.5. The van der Waals surface area contributed by atoms with Crippen LogP contribution in [0.15, 0.2) is 20.9 Å². The number of aromatic amines is 1. The molecule has 1 fully saturated rings. The lowest BCUT2D eigenvalue weighted by molar-refractivity contribution is -0.122. The van der Waals surface area contributed by atoms with Gasteiger partial charge in [-0.3, -0.25) is 23.7 Å². The van der Waals surface area contributed by atoms with Crippen LogP contribution >= 0.6 is 7.75 Å². The van der Waals surface area contributed by atoms with Crippen molar-refractivity contribution in [2.45, 2.75) is 58.0 Å². The van der Waals surface area contributed by atoms with Gasteiger partial charge >= 0.3 is 13.4 Å². The monoisotopic (exact) mass is 473 g/mol. The van der Waals surface area contributed by atoms with Gasteiger partial charge in [0.2, 0.25) is 5.91 Å². The normalized spacial score (nSPS) is 23.4. The van der Waals surface area contributed by atoms with Crippen LogP contribution in [0.1, 0.15) is 38.5 Å². The number of hydrogen-bond acceptors (Lipinski definition) is 7. The Labute approximate surface area is 183 Å². The van der Waals surface area contributed by atoms with Crippen molar-refractivity contribution in [3.8, 4) is 0 Å². The van der Waals surface area contributed by atoms with E-state index in [0.717, 1.165) is 4.57 Å². The zero-order chi connectivity index (χ0) is 24.1. The fourth-order valence-electron chi connectivity index (χ4n) is 3.30. The highest BCUT2D eigenvalue weighted by Crippen LogP contribution is 2.40. The first-order valence-electron chi connectivity index (χ1n) is 9.95. The van der Waals surface area contributed by atoms with Crippen LogP contribution in [0.25, 0.3) is 10.4 Å². The topological polar surface area (TPSA) is 201 Å². The van der Waals surface area contributed by atoms with E-state index in [4.69, 9.17) is 14.8 Å². The average molecular weight is 473 g/mol. The Kier molecular flexibility index (Phi) is 8.79. The van der Waals surface area contributed by atoms with Gasteiger partial charge in [-0.2, -0.15) is 0 Å². The van der Waals surface area contributed by atoms with Crippen LogP contribution in [0.4, 0.5) is 0 Å². The van der Waals surface area contributed by atoms with Gasteiger partial charge in [-0.15, -0.1) is 0 Å². The fourth-order valence-corrected chi connectivity index (χ4v) is 4.34. The Hall–Kier alpha value is -2.47.